The van der Waals surface area contributed by atoms with Crippen LogP contribution in [-0.2, 0) is 28.4 Å². The Hall–Kier alpha value is -3.39. The van der Waals surface area contributed by atoms with Crippen molar-refractivity contribution >= 4 is 5.96 Å². The molecule has 8 heteroatoms. The van der Waals surface area contributed by atoms with Gasteiger partial charge in [0.15, 0.2) is 0 Å². The number of aryl methyl sites for hydroxylation is 2. The molecular weight excluding hydrogens is 659 g/mol. The zero-order valence-electron chi connectivity index (χ0n) is 34.2. The molecule has 2 atom stereocenters. The first-order valence-electron chi connectivity index (χ1n) is 20.9. The van der Waals surface area contributed by atoms with E-state index in [0.717, 1.165) is 81.0 Å². The highest BCUT2D eigenvalue weighted by molar-refractivity contribution is 5.76. The van der Waals surface area contributed by atoms with Gasteiger partial charge in [-0.2, -0.15) is 0 Å². The smallest absolute Gasteiger partial charge is 0.350 e. The van der Waals surface area contributed by atoms with Gasteiger partial charge in [0.05, 0.1) is 50.9 Å². The molecule has 0 spiro atoms. The van der Waals surface area contributed by atoms with E-state index in [1.807, 2.05) is 0 Å². The molecule has 6 heterocycles. The van der Waals surface area contributed by atoms with Crippen LogP contribution >= 0.6 is 0 Å². The number of hydrogen-bond donors (Lipinski definition) is 0. The molecule has 8 rings (SSSR count). The number of guanidine groups is 1. The van der Waals surface area contributed by atoms with Crippen molar-refractivity contribution in [3.63, 3.8) is 0 Å². The Morgan fingerprint density at radius 2 is 1.23 bits per heavy atom. The normalized spacial score (nSPS) is 22.9. The first-order valence-corrected chi connectivity index (χ1v) is 20.9. The third-order valence-electron chi connectivity index (χ3n) is 12.6. The van der Waals surface area contributed by atoms with Gasteiger partial charge in [-0.05, 0) is 102 Å². The summed E-state index contributed by atoms with van der Waals surface area (Å²) in [5.74, 6) is 4.90. The monoisotopic (exact) mass is 725 g/mol. The van der Waals surface area contributed by atoms with Crippen LogP contribution in [0, 0.1) is 0 Å². The van der Waals surface area contributed by atoms with E-state index >= 15 is 0 Å². The number of hydrogen-bond acceptors (Lipinski definition) is 7. The van der Waals surface area contributed by atoms with Gasteiger partial charge in [-0.15, -0.1) is 0 Å². The Kier molecular flexibility index (Phi) is 9.91. The van der Waals surface area contributed by atoms with Crippen molar-refractivity contribution in [3.05, 3.63) is 69.0 Å². The number of benzene rings is 2. The van der Waals surface area contributed by atoms with Gasteiger partial charge in [0, 0.05) is 39.5 Å². The molecule has 0 aromatic heterocycles. The van der Waals surface area contributed by atoms with Crippen molar-refractivity contribution in [2.75, 3.05) is 66.5 Å². The first-order chi connectivity index (χ1) is 25.3. The van der Waals surface area contributed by atoms with Crippen molar-refractivity contribution in [3.8, 4) is 11.5 Å². The first kappa shape index (κ1) is 36.6. The van der Waals surface area contributed by atoms with E-state index in [1.54, 1.807) is 5.57 Å². The molecule has 1 saturated heterocycles. The second kappa shape index (κ2) is 14.4. The molecule has 2 bridgehead atoms. The number of allylic oxidation sites excluding steroid dienone is 1. The fourth-order valence-electron chi connectivity index (χ4n) is 9.76. The maximum atomic E-state index is 7.01. The lowest BCUT2D eigenvalue weighted by Gasteiger charge is -2.42. The number of rotatable bonds is 8. The van der Waals surface area contributed by atoms with Gasteiger partial charge >= 0.3 is 5.96 Å². The zero-order valence-corrected chi connectivity index (χ0v) is 34.2. The highest BCUT2D eigenvalue weighted by atomic mass is 16.8. The molecule has 2 aromatic rings. The van der Waals surface area contributed by atoms with Crippen molar-refractivity contribution in [1.29, 1.82) is 0 Å². The zero-order chi connectivity index (χ0) is 37.1. The number of fused-ring (bicyclic) bond motifs is 7. The van der Waals surface area contributed by atoms with Crippen LogP contribution in [-0.4, -0.2) is 96.6 Å². The summed E-state index contributed by atoms with van der Waals surface area (Å²) in [7, 11) is 4.55. The Bertz CT molecular complexity index is 1680. The van der Waals surface area contributed by atoms with Gasteiger partial charge in [-0.3, -0.25) is 19.1 Å². The SMILES string of the molecule is CN1CCCC2=C1N(CCCc1cc(C(C)(C)C)cc3c1OC1OC3Oc3c(CCCN4CCCN5CCC[N+](C)=C45)cc(C(C)(C)C)cc31)CCC2. The average molecular weight is 725 g/mol. The van der Waals surface area contributed by atoms with Crippen molar-refractivity contribution < 1.29 is 18.8 Å². The van der Waals surface area contributed by atoms with Gasteiger partial charge in [0.25, 0.3) is 0 Å². The molecule has 0 N–H and O–H groups in total. The van der Waals surface area contributed by atoms with Gasteiger partial charge < -0.3 is 19.3 Å². The molecule has 6 aliphatic heterocycles. The van der Waals surface area contributed by atoms with E-state index in [4.69, 9.17) is 14.2 Å². The van der Waals surface area contributed by atoms with Gasteiger partial charge in [-0.25, -0.2) is 0 Å². The summed E-state index contributed by atoms with van der Waals surface area (Å²) in [6.45, 7) is 22.9. The third kappa shape index (κ3) is 7.26. The lowest BCUT2D eigenvalue weighted by Crippen LogP contribution is -2.57. The second-order valence-electron chi connectivity index (χ2n) is 18.8. The average Bonchev–Trinajstić information content (AvgIpc) is 3.11. The summed E-state index contributed by atoms with van der Waals surface area (Å²) in [4.78, 5) is 10.4. The van der Waals surface area contributed by atoms with E-state index in [9.17, 15) is 0 Å². The lowest BCUT2D eigenvalue weighted by molar-refractivity contribution is -0.515. The summed E-state index contributed by atoms with van der Waals surface area (Å²) in [6, 6.07) is 9.42. The van der Waals surface area contributed by atoms with Crippen LogP contribution in [0.2, 0.25) is 0 Å². The quantitative estimate of drug-likeness (QED) is 0.255. The Morgan fingerprint density at radius 3 is 1.83 bits per heavy atom. The van der Waals surface area contributed by atoms with Crippen LogP contribution < -0.4 is 9.47 Å². The minimum atomic E-state index is -0.482. The summed E-state index contributed by atoms with van der Waals surface area (Å²) >= 11 is 0. The van der Waals surface area contributed by atoms with E-state index < -0.39 is 12.6 Å². The summed E-state index contributed by atoms with van der Waals surface area (Å²) < 4.78 is 23.2. The highest BCUT2D eigenvalue weighted by Gasteiger charge is 2.42. The minimum absolute atomic E-state index is 0.00812. The fraction of sp³-hybridized carbons (Fsp3) is 0.667. The maximum Gasteiger partial charge on any atom is 0.350 e. The van der Waals surface area contributed by atoms with Crippen LogP contribution in [0.25, 0.3) is 0 Å². The minimum Gasteiger partial charge on any atom is -0.459 e. The molecule has 0 radical (unpaired) electrons. The summed E-state index contributed by atoms with van der Waals surface area (Å²) in [5.41, 5.74) is 8.92. The number of nitrogens with zero attached hydrogens (tertiary/aromatic N) is 5. The Balaban J connectivity index is 1.06. The Morgan fingerprint density at radius 1 is 0.679 bits per heavy atom. The molecule has 53 heavy (non-hydrogen) atoms. The van der Waals surface area contributed by atoms with Crippen molar-refractivity contribution in [2.45, 2.75) is 129 Å². The summed E-state index contributed by atoms with van der Waals surface area (Å²) in [5, 5.41) is 0. The molecule has 0 aliphatic carbocycles. The molecule has 2 unspecified atom stereocenters. The predicted octanol–water partition coefficient (Wildman–Crippen LogP) is 8.09. The van der Waals surface area contributed by atoms with E-state index in [0.29, 0.717) is 0 Å². The van der Waals surface area contributed by atoms with Crippen LogP contribution in [0.15, 0.2) is 35.7 Å². The maximum absolute atomic E-state index is 7.01. The van der Waals surface area contributed by atoms with Crippen molar-refractivity contribution in [1.82, 2.24) is 19.6 Å². The van der Waals surface area contributed by atoms with Gasteiger partial charge in [0.1, 0.15) is 17.3 Å². The van der Waals surface area contributed by atoms with Crippen LogP contribution in [0.3, 0.4) is 0 Å². The van der Waals surface area contributed by atoms with Crippen LogP contribution in [0.1, 0.15) is 139 Å². The van der Waals surface area contributed by atoms with Crippen molar-refractivity contribution in [2.24, 2.45) is 0 Å². The Labute approximate surface area is 319 Å². The van der Waals surface area contributed by atoms with E-state index in [1.165, 1.54) is 92.2 Å². The molecular formula is C45H66N5O3+. The molecule has 1 fully saturated rings. The second-order valence-corrected chi connectivity index (χ2v) is 18.8. The molecule has 6 aliphatic rings. The van der Waals surface area contributed by atoms with E-state index in [2.05, 4.69) is 104 Å². The molecule has 8 nitrogen and oxygen atoms in total. The molecule has 0 amide bonds. The topological polar surface area (TPSA) is 43.7 Å². The van der Waals surface area contributed by atoms with Gasteiger partial charge in [0.2, 0.25) is 12.6 Å². The molecule has 2 aromatic carbocycles. The van der Waals surface area contributed by atoms with E-state index in [-0.39, 0.29) is 10.8 Å². The fourth-order valence-corrected chi connectivity index (χ4v) is 9.76. The molecule has 0 saturated carbocycles. The third-order valence-corrected chi connectivity index (χ3v) is 12.6. The van der Waals surface area contributed by atoms with Crippen LogP contribution in [0.5, 0.6) is 11.5 Å². The highest BCUT2D eigenvalue weighted by Crippen LogP contribution is 2.52. The number of ether oxygens (including phenoxy) is 3. The molecule has 288 valence electrons. The van der Waals surface area contributed by atoms with Gasteiger partial charge in [-0.1, -0.05) is 53.7 Å². The lowest BCUT2D eigenvalue weighted by atomic mass is 9.83. The van der Waals surface area contributed by atoms with Crippen LogP contribution in [0.4, 0.5) is 0 Å². The largest absolute Gasteiger partial charge is 0.459 e. The summed E-state index contributed by atoms with van der Waals surface area (Å²) in [6.07, 6.45) is 10.7. The predicted molar refractivity (Wildman–Crippen MR) is 213 cm³/mol. The standard InChI is InChI=1S/C45H66N5O3/c1-44(2,3)34-27-32(17-11-22-48-21-10-16-31-15-9-19-46(7)40(31)48)38-36(29-34)41-52-39-33(28-35(45(4,5)6)30-37(39)42(51-38)53-41)18-12-23-49-25-14-26-50-24-13-20-47(8)43(49)50/h27-30,41-42H,9-26H2,1-8H3/q+1.